The number of nitrogens with zero attached hydrogens (tertiary/aromatic N) is 5. The van der Waals surface area contributed by atoms with E-state index in [4.69, 9.17) is 0 Å². The fourth-order valence-corrected chi connectivity index (χ4v) is 3.31. The third-order valence-corrected chi connectivity index (χ3v) is 5.31. The number of para-hydroxylation sites is 1. The molecular weight excluding hydrogens is 352 g/mol. The van der Waals surface area contributed by atoms with Crippen LogP contribution in [0.1, 0.15) is 37.3 Å². The summed E-state index contributed by atoms with van der Waals surface area (Å²) in [6.45, 7) is 4.19. The lowest BCUT2D eigenvalue weighted by atomic mass is 10.0. The van der Waals surface area contributed by atoms with Gasteiger partial charge in [-0.3, -0.25) is 9.69 Å². The monoisotopic (exact) mass is 374 g/mol. The van der Waals surface area contributed by atoms with Crippen LogP contribution in [-0.4, -0.2) is 36.7 Å². The summed E-state index contributed by atoms with van der Waals surface area (Å²) in [6.07, 6.45) is 3.19. The molecule has 0 fully saturated rings. The van der Waals surface area contributed by atoms with Crippen molar-refractivity contribution in [2.24, 2.45) is 0 Å². The number of fused-ring (bicyclic) bond motifs is 1. The lowest BCUT2D eigenvalue weighted by Gasteiger charge is -2.30. The van der Waals surface area contributed by atoms with E-state index in [0.29, 0.717) is 16.7 Å². The Kier molecular flexibility index (Phi) is 4.75. The number of H-pyrrole nitrogens is 1. The Morgan fingerprint density at radius 3 is 2.50 bits per heavy atom. The van der Waals surface area contributed by atoms with E-state index in [2.05, 4.69) is 44.0 Å². The molecule has 0 amide bonds. The summed E-state index contributed by atoms with van der Waals surface area (Å²) in [5, 5.41) is 4.76. The van der Waals surface area contributed by atoms with Crippen molar-refractivity contribution >= 4 is 10.9 Å². The van der Waals surface area contributed by atoms with E-state index in [1.54, 1.807) is 17.1 Å². The van der Waals surface area contributed by atoms with Gasteiger partial charge in [-0.05, 0) is 50.7 Å². The number of hydrogen-bond acceptors (Lipinski definition) is 5. The summed E-state index contributed by atoms with van der Waals surface area (Å²) in [6, 6.07) is 15.7. The van der Waals surface area contributed by atoms with Gasteiger partial charge in [0.1, 0.15) is 18.5 Å². The first-order valence-corrected chi connectivity index (χ1v) is 9.20. The van der Waals surface area contributed by atoms with Crippen molar-refractivity contribution in [3.05, 3.63) is 82.9 Å². The molecule has 0 spiro atoms. The number of hydrogen-bond donors (Lipinski definition) is 1. The topological polar surface area (TPSA) is 79.7 Å². The van der Waals surface area contributed by atoms with Gasteiger partial charge in [-0.2, -0.15) is 5.10 Å². The van der Waals surface area contributed by atoms with Gasteiger partial charge in [-0.15, -0.1) is 0 Å². The van der Waals surface area contributed by atoms with Gasteiger partial charge in [0.05, 0.1) is 22.6 Å². The van der Waals surface area contributed by atoms with Gasteiger partial charge in [0.25, 0.3) is 5.56 Å². The lowest BCUT2D eigenvalue weighted by molar-refractivity contribution is 0.192. The molecule has 4 aromatic rings. The smallest absolute Gasteiger partial charge is 0.258 e. The Morgan fingerprint density at radius 1 is 1.04 bits per heavy atom. The van der Waals surface area contributed by atoms with Crippen molar-refractivity contribution in [2.45, 2.75) is 25.9 Å². The number of aromatic amines is 1. The van der Waals surface area contributed by atoms with E-state index in [9.17, 15) is 4.79 Å². The fraction of sp³-hybridized carbons (Fsp3) is 0.238. The molecule has 0 radical (unpaired) electrons. The molecular formula is C21H22N6O. The van der Waals surface area contributed by atoms with E-state index < -0.39 is 0 Å². The third-order valence-electron chi connectivity index (χ3n) is 5.31. The highest BCUT2D eigenvalue weighted by Gasteiger charge is 2.21. The summed E-state index contributed by atoms with van der Waals surface area (Å²) in [7, 11) is 2.04. The summed E-state index contributed by atoms with van der Waals surface area (Å²) in [5.41, 5.74) is 2.74. The summed E-state index contributed by atoms with van der Waals surface area (Å²) < 4.78 is 1.73. The maximum Gasteiger partial charge on any atom is 0.258 e. The Hall–Kier alpha value is -3.32. The largest absolute Gasteiger partial charge is 0.309 e. The molecule has 2 atom stereocenters. The summed E-state index contributed by atoms with van der Waals surface area (Å²) >= 11 is 0. The highest BCUT2D eigenvalue weighted by Crippen LogP contribution is 2.27. The number of benzene rings is 2. The number of rotatable bonds is 5. The van der Waals surface area contributed by atoms with Crippen LogP contribution in [0.3, 0.4) is 0 Å². The van der Waals surface area contributed by atoms with Gasteiger partial charge < -0.3 is 4.98 Å². The maximum absolute atomic E-state index is 12.4. The first-order chi connectivity index (χ1) is 13.5. The summed E-state index contributed by atoms with van der Waals surface area (Å²) in [5.74, 6) is 0.664. The molecule has 1 N–H and O–H groups in total. The van der Waals surface area contributed by atoms with Crippen LogP contribution in [0.5, 0.6) is 0 Å². The first kappa shape index (κ1) is 18.1. The SMILES string of the molecule is C[C@H](c1nc2ccccc2c(=O)[nH]1)N(C)[C@@H](C)c1ccc(-n2cncn2)cc1. The van der Waals surface area contributed by atoms with Crippen LogP contribution in [0.4, 0.5) is 0 Å². The zero-order valence-corrected chi connectivity index (χ0v) is 16.1. The number of nitrogens with one attached hydrogen (secondary N) is 1. The molecule has 0 bridgehead atoms. The molecule has 4 rings (SSSR count). The highest BCUT2D eigenvalue weighted by atomic mass is 16.1. The fourth-order valence-electron chi connectivity index (χ4n) is 3.31. The number of aromatic nitrogens is 5. The van der Waals surface area contributed by atoms with E-state index in [1.165, 1.54) is 11.9 Å². The molecule has 2 heterocycles. The molecule has 0 aliphatic carbocycles. The van der Waals surface area contributed by atoms with E-state index in [-0.39, 0.29) is 17.6 Å². The van der Waals surface area contributed by atoms with Crippen molar-refractivity contribution < 1.29 is 0 Å². The van der Waals surface area contributed by atoms with Gasteiger partial charge in [0.15, 0.2) is 0 Å². The Bertz CT molecular complexity index is 1130. The molecule has 0 aliphatic heterocycles. The zero-order valence-electron chi connectivity index (χ0n) is 16.1. The van der Waals surface area contributed by atoms with Crippen LogP contribution in [0.2, 0.25) is 0 Å². The molecule has 0 unspecified atom stereocenters. The van der Waals surface area contributed by atoms with Crippen LogP contribution >= 0.6 is 0 Å². The van der Waals surface area contributed by atoms with E-state index in [1.807, 2.05) is 44.3 Å². The highest BCUT2D eigenvalue weighted by molar-refractivity contribution is 5.77. The first-order valence-electron chi connectivity index (χ1n) is 9.20. The molecule has 28 heavy (non-hydrogen) atoms. The van der Waals surface area contributed by atoms with Gasteiger partial charge >= 0.3 is 0 Å². The second-order valence-corrected chi connectivity index (χ2v) is 6.92. The minimum Gasteiger partial charge on any atom is -0.309 e. The Balaban J connectivity index is 1.58. The third kappa shape index (κ3) is 3.32. The van der Waals surface area contributed by atoms with Gasteiger partial charge in [-0.25, -0.2) is 14.6 Å². The lowest BCUT2D eigenvalue weighted by Crippen LogP contribution is -2.28. The minimum absolute atomic E-state index is 0.0534. The molecule has 0 saturated heterocycles. The van der Waals surface area contributed by atoms with Crippen molar-refractivity contribution in [3.8, 4) is 5.69 Å². The van der Waals surface area contributed by atoms with Crippen LogP contribution in [0.15, 0.2) is 66.0 Å². The molecule has 2 aromatic heterocycles. The van der Waals surface area contributed by atoms with Crippen LogP contribution in [0, 0.1) is 0 Å². The minimum atomic E-state index is -0.106. The standard InChI is InChI=1S/C21H22N6O/c1-14(16-8-10-17(11-9-16)27-13-22-12-23-27)26(3)15(2)20-24-19-7-5-4-6-18(19)21(28)25-20/h4-15H,1-3H3,(H,24,25,28)/t14-,15+/m0/s1. The predicted molar refractivity (Wildman–Crippen MR) is 108 cm³/mol. The summed E-state index contributed by atoms with van der Waals surface area (Å²) in [4.78, 5) is 26.2. The van der Waals surface area contributed by atoms with Crippen LogP contribution in [0.25, 0.3) is 16.6 Å². The second-order valence-electron chi connectivity index (χ2n) is 6.92. The molecule has 0 aliphatic rings. The van der Waals surface area contributed by atoms with Gasteiger partial charge in [0.2, 0.25) is 0 Å². The van der Waals surface area contributed by atoms with Crippen LogP contribution < -0.4 is 5.56 Å². The quantitative estimate of drug-likeness (QED) is 0.580. The second kappa shape index (κ2) is 7.36. The van der Waals surface area contributed by atoms with Gasteiger partial charge in [-0.1, -0.05) is 24.3 Å². The van der Waals surface area contributed by atoms with Crippen molar-refractivity contribution in [1.29, 1.82) is 0 Å². The van der Waals surface area contributed by atoms with Crippen molar-refractivity contribution in [2.75, 3.05) is 7.05 Å². The Labute approximate surface area is 162 Å². The maximum atomic E-state index is 12.4. The zero-order chi connectivity index (χ0) is 19.7. The van der Waals surface area contributed by atoms with Crippen molar-refractivity contribution in [1.82, 2.24) is 29.6 Å². The Morgan fingerprint density at radius 2 is 1.79 bits per heavy atom. The normalized spacial score (nSPS) is 13.7. The van der Waals surface area contributed by atoms with Crippen LogP contribution in [-0.2, 0) is 0 Å². The van der Waals surface area contributed by atoms with E-state index >= 15 is 0 Å². The average Bonchev–Trinajstić information content (AvgIpc) is 3.27. The predicted octanol–water partition coefficient (Wildman–Crippen LogP) is 3.26. The van der Waals surface area contributed by atoms with Crippen molar-refractivity contribution in [3.63, 3.8) is 0 Å². The molecule has 2 aromatic carbocycles. The molecule has 142 valence electrons. The average molecular weight is 374 g/mol. The van der Waals surface area contributed by atoms with E-state index in [0.717, 1.165) is 5.69 Å². The molecule has 0 saturated carbocycles. The van der Waals surface area contributed by atoms with Gasteiger partial charge in [0, 0.05) is 6.04 Å². The molecule has 7 heteroatoms. The molecule has 7 nitrogen and oxygen atoms in total.